The van der Waals surface area contributed by atoms with Crippen molar-refractivity contribution in [3.05, 3.63) is 35.4 Å². The lowest BCUT2D eigenvalue weighted by atomic mass is 10.1. The van der Waals surface area contributed by atoms with Gasteiger partial charge < -0.3 is 14.4 Å². The smallest absolute Gasteiger partial charge is 0.307 e. The molecule has 122 valence electrons. The van der Waals surface area contributed by atoms with Gasteiger partial charge in [0.25, 0.3) is 5.91 Å². The minimum absolute atomic E-state index is 0.00924. The molecular formula is C17H20N2O4. The molecule has 1 amide bonds. The fraction of sp³-hybridized carbons (Fsp3) is 0.471. The highest BCUT2D eigenvalue weighted by molar-refractivity contribution is 5.94. The Morgan fingerprint density at radius 1 is 1.39 bits per heavy atom. The van der Waals surface area contributed by atoms with E-state index in [1.165, 1.54) is 7.11 Å². The second-order valence-corrected chi connectivity index (χ2v) is 5.40. The fourth-order valence-electron chi connectivity index (χ4n) is 2.51. The number of hydrogen-bond donors (Lipinski definition) is 0. The van der Waals surface area contributed by atoms with Crippen LogP contribution in [0.25, 0.3) is 0 Å². The van der Waals surface area contributed by atoms with E-state index >= 15 is 0 Å². The topological polar surface area (TPSA) is 79.6 Å². The van der Waals surface area contributed by atoms with Crippen LogP contribution in [0, 0.1) is 11.3 Å². The van der Waals surface area contributed by atoms with E-state index in [1.807, 2.05) is 6.07 Å². The summed E-state index contributed by atoms with van der Waals surface area (Å²) < 4.78 is 10.2. The Balaban J connectivity index is 2.07. The summed E-state index contributed by atoms with van der Waals surface area (Å²) in [6, 6.07) is 8.49. The Morgan fingerprint density at radius 3 is 2.70 bits per heavy atom. The van der Waals surface area contributed by atoms with Gasteiger partial charge in [0.1, 0.15) is 0 Å². The normalized spacial score (nSPS) is 16.6. The Labute approximate surface area is 135 Å². The standard InChI is InChI=1S/C17H20N2O4/c1-22-16(20)8-9-19(12-15-3-2-10-23-15)17(21)14-6-4-13(11-18)5-7-14/h4-7,15H,2-3,8-10,12H2,1H3. The third kappa shape index (κ3) is 4.80. The lowest BCUT2D eigenvalue weighted by Gasteiger charge is -2.25. The number of nitrogens with zero attached hydrogens (tertiary/aromatic N) is 2. The van der Waals surface area contributed by atoms with Crippen molar-refractivity contribution in [1.82, 2.24) is 4.90 Å². The van der Waals surface area contributed by atoms with Crippen molar-refractivity contribution in [2.45, 2.75) is 25.4 Å². The maximum Gasteiger partial charge on any atom is 0.307 e. The first-order chi connectivity index (χ1) is 11.1. The predicted octanol–water partition coefficient (Wildman–Crippen LogP) is 1.74. The first-order valence-electron chi connectivity index (χ1n) is 7.62. The second-order valence-electron chi connectivity index (χ2n) is 5.40. The van der Waals surface area contributed by atoms with Crippen LogP contribution in [0.1, 0.15) is 35.2 Å². The van der Waals surface area contributed by atoms with E-state index in [4.69, 9.17) is 10.00 Å². The van der Waals surface area contributed by atoms with Gasteiger partial charge in [-0.1, -0.05) is 0 Å². The van der Waals surface area contributed by atoms with E-state index < -0.39 is 0 Å². The summed E-state index contributed by atoms with van der Waals surface area (Å²) in [4.78, 5) is 25.7. The van der Waals surface area contributed by atoms with Crippen LogP contribution in [0.15, 0.2) is 24.3 Å². The summed E-state index contributed by atoms with van der Waals surface area (Å²) in [5, 5.41) is 8.83. The Morgan fingerprint density at radius 2 is 2.13 bits per heavy atom. The molecule has 1 saturated heterocycles. The van der Waals surface area contributed by atoms with Gasteiger partial charge in [0.05, 0.1) is 31.3 Å². The molecule has 6 nitrogen and oxygen atoms in total. The fourth-order valence-corrected chi connectivity index (χ4v) is 2.51. The van der Waals surface area contributed by atoms with Gasteiger partial charge in [0.15, 0.2) is 0 Å². The number of esters is 1. The number of benzene rings is 1. The summed E-state index contributed by atoms with van der Waals surface area (Å²) in [7, 11) is 1.33. The molecule has 0 bridgehead atoms. The number of methoxy groups -OCH3 is 1. The van der Waals surface area contributed by atoms with Crippen molar-refractivity contribution >= 4 is 11.9 Å². The van der Waals surface area contributed by atoms with E-state index in [0.29, 0.717) is 24.3 Å². The van der Waals surface area contributed by atoms with E-state index in [0.717, 1.165) is 12.8 Å². The van der Waals surface area contributed by atoms with Crippen LogP contribution in [-0.2, 0) is 14.3 Å². The van der Waals surface area contributed by atoms with Gasteiger partial charge in [-0.25, -0.2) is 0 Å². The largest absolute Gasteiger partial charge is 0.469 e. The molecule has 1 atom stereocenters. The van der Waals surface area contributed by atoms with Crippen LogP contribution in [0.5, 0.6) is 0 Å². The number of carbonyl (C=O) groups excluding carboxylic acids is 2. The highest BCUT2D eigenvalue weighted by Crippen LogP contribution is 2.16. The molecule has 1 aromatic rings. The average Bonchev–Trinajstić information content (AvgIpc) is 3.10. The monoisotopic (exact) mass is 316 g/mol. The summed E-state index contributed by atoms with van der Waals surface area (Å²) in [6.07, 6.45) is 2.05. The summed E-state index contributed by atoms with van der Waals surface area (Å²) in [5.74, 6) is -0.524. The molecule has 0 aromatic heterocycles. The Bertz CT molecular complexity index is 586. The lowest BCUT2D eigenvalue weighted by Crippen LogP contribution is -2.38. The van der Waals surface area contributed by atoms with Crippen molar-refractivity contribution < 1.29 is 19.1 Å². The first kappa shape index (κ1) is 17.0. The van der Waals surface area contributed by atoms with Crippen LogP contribution >= 0.6 is 0 Å². The van der Waals surface area contributed by atoms with Crippen molar-refractivity contribution in [2.24, 2.45) is 0 Å². The molecular weight excluding hydrogens is 296 g/mol. The molecule has 0 radical (unpaired) electrons. The minimum atomic E-state index is -0.352. The zero-order valence-corrected chi connectivity index (χ0v) is 13.2. The minimum Gasteiger partial charge on any atom is -0.469 e. The molecule has 1 heterocycles. The number of hydrogen-bond acceptors (Lipinski definition) is 5. The van der Waals surface area contributed by atoms with Crippen LogP contribution < -0.4 is 0 Å². The average molecular weight is 316 g/mol. The van der Waals surface area contributed by atoms with Crippen LogP contribution in [0.3, 0.4) is 0 Å². The quantitative estimate of drug-likeness (QED) is 0.747. The van der Waals surface area contributed by atoms with Gasteiger partial charge in [-0.2, -0.15) is 5.26 Å². The number of amides is 1. The number of nitriles is 1. The Kier molecular flexibility index (Phi) is 6.12. The van der Waals surface area contributed by atoms with Crippen LogP contribution in [0.4, 0.5) is 0 Å². The molecule has 23 heavy (non-hydrogen) atoms. The van der Waals surface area contributed by atoms with E-state index in [2.05, 4.69) is 4.74 Å². The zero-order chi connectivity index (χ0) is 16.7. The van der Waals surface area contributed by atoms with Crippen molar-refractivity contribution in [2.75, 3.05) is 26.8 Å². The molecule has 1 aromatic carbocycles. The molecule has 1 unspecified atom stereocenters. The van der Waals surface area contributed by atoms with Gasteiger partial charge in [0.2, 0.25) is 0 Å². The van der Waals surface area contributed by atoms with Gasteiger partial charge in [-0.3, -0.25) is 9.59 Å². The second kappa shape index (κ2) is 8.30. The van der Waals surface area contributed by atoms with Gasteiger partial charge in [0, 0.05) is 25.3 Å². The molecule has 0 N–H and O–H groups in total. The molecule has 0 aliphatic carbocycles. The van der Waals surface area contributed by atoms with E-state index in [1.54, 1.807) is 29.2 Å². The SMILES string of the molecule is COC(=O)CCN(CC1CCCO1)C(=O)c1ccc(C#N)cc1. The van der Waals surface area contributed by atoms with Crippen molar-refractivity contribution in [3.63, 3.8) is 0 Å². The number of ether oxygens (including phenoxy) is 2. The zero-order valence-electron chi connectivity index (χ0n) is 13.2. The van der Waals surface area contributed by atoms with E-state index in [9.17, 15) is 9.59 Å². The third-order valence-corrected chi connectivity index (χ3v) is 3.81. The maximum absolute atomic E-state index is 12.7. The highest BCUT2D eigenvalue weighted by atomic mass is 16.5. The Hall–Kier alpha value is -2.39. The molecule has 6 heteroatoms. The molecule has 1 fully saturated rings. The molecule has 0 spiro atoms. The number of carbonyl (C=O) groups is 2. The van der Waals surface area contributed by atoms with Gasteiger partial charge in [-0.05, 0) is 37.1 Å². The summed E-state index contributed by atoms with van der Waals surface area (Å²) in [6.45, 7) is 1.45. The molecule has 2 rings (SSSR count). The van der Waals surface area contributed by atoms with Crippen LogP contribution in [0.2, 0.25) is 0 Å². The maximum atomic E-state index is 12.7. The molecule has 1 aliphatic rings. The highest BCUT2D eigenvalue weighted by Gasteiger charge is 2.24. The van der Waals surface area contributed by atoms with E-state index in [-0.39, 0.29) is 30.9 Å². The molecule has 0 saturated carbocycles. The molecule has 1 aliphatic heterocycles. The first-order valence-corrected chi connectivity index (χ1v) is 7.62. The summed E-state index contributed by atoms with van der Waals surface area (Å²) >= 11 is 0. The summed E-state index contributed by atoms with van der Waals surface area (Å²) in [5.41, 5.74) is 0.994. The van der Waals surface area contributed by atoms with Crippen LogP contribution in [-0.4, -0.2) is 49.7 Å². The lowest BCUT2D eigenvalue weighted by molar-refractivity contribution is -0.140. The van der Waals surface area contributed by atoms with Gasteiger partial charge >= 0.3 is 5.97 Å². The van der Waals surface area contributed by atoms with Crippen molar-refractivity contribution in [3.8, 4) is 6.07 Å². The predicted molar refractivity (Wildman–Crippen MR) is 82.7 cm³/mol. The van der Waals surface area contributed by atoms with Gasteiger partial charge in [-0.15, -0.1) is 0 Å². The van der Waals surface area contributed by atoms with Crippen molar-refractivity contribution in [1.29, 1.82) is 5.26 Å². The number of rotatable bonds is 6. The third-order valence-electron chi connectivity index (χ3n) is 3.81.